The fraction of sp³-hybridized carbons (Fsp3) is 0.765. The van der Waals surface area contributed by atoms with E-state index in [2.05, 4.69) is 19.2 Å². The summed E-state index contributed by atoms with van der Waals surface area (Å²) in [6.45, 7) is 5.16. The van der Waals surface area contributed by atoms with E-state index in [1.807, 2.05) is 0 Å². The molecule has 2 atom stereocenters. The third-order valence-electron chi connectivity index (χ3n) is 4.72. The molecule has 0 aromatic rings. The highest BCUT2D eigenvalue weighted by Crippen LogP contribution is 2.45. The van der Waals surface area contributed by atoms with Gasteiger partial charge in [-0.25, -0.2) is 4.79 Å². The molecule has 1 aliphatic carbocycles. The van der Waals surface area contributed by atoms with Gasteiger partial charge in [-0.3, -0.25) is 4.79 Å². The smallest absolute Gasteiger partial charge is 0.351 e. The Kier molecular flexibility index (Phi) is 8.62. The molecule has 1 fully saturated rings. The molecule has 5 N–H and O–H groups in total. The Labute approximate surface area is 148 Å². The molecule has 0 radical (unpaired) electrons. The van der Waals surface area contributed by atoms with Crippen molar-refractivity contribution >= 4 is 23.7 Å². The van der Waals surface area contributed by atoms with E-state index in [9.17, 15) is 14.7 Å². The molecule has 1 rings (SSSR count). The molecule has 0 saturated heterocycles. The number of nitrogens with one attached hydrogen (secondary N) is 1. The zero-order chi connectivity index (χ0) is 18.2. The van der Waals surface area contributed by atoms with Crippen molar-refractivity contribution in [1.82, 2.24) is 5.32 Å². The zero-order valence-electron chi connectivity index (χ0n) is 14.6. The molecule has 1 unspecified atom stereocenters. The molecule has 1 aliphatic rings. The zero-order valence-corrected chi connectivity index (χ0v) is 15.4. The SMILES string of the molecule is CC1(C)CCC1CN/C(=C\CCCCSC[C@H](N)C(=O)O)C(=O)O. The summed E-state index contributed by atoms with van der Waals surface area (Å²) in [5, 5.41) is 21.0. The Morgan fingerprint density at radius 1 is 1.38 bits per heavy atom. The van der Waals surface area contributed by atoms with Gasteiger partial charge in [-0.05, 0) is 49.2 Å². The van der Waals surface area contributed by atoms with Gasteiger partial charge in [0, 0.05) is 12.3 Å². The standard InChI is InChI=1S/C17H30N2O4S/c1-17(2)8-7-12(17)10-19-14(16(22)23)6-4-3-5-9-24-11-13(18)15(20)21/h6,12-13,19H,3-5,7-11,18H2,1-2H3,(H,20,21)(H,22,23)/b14-6-/t12?,13-/m0/s1. The van der Waals surface area contributed by atoms with Gasteiger partial charge in [0.25, 0.3) is 0 Å². The summed E-state index contributed by atoms with van der Waals surface area (Å²) in [6.07, 6.45) is 6.60. The van der Waals surface area contributed by atoms with E-state index >= 15 is 0 Å². The minimum atomic E-state index is -0.975. The van der Waals surface area contributed by atoms with Gasteiger partial charge < -0.3 is 21.3 Å². The van der Waals surface area contributed by atoms with Crippen LogP contribution in [-0.2, 0) is 9.59 Å². The quantitative estimate of drug-likeness (QED) is 0.313. The number of thioether (sulfide) groups is 1. The van der Waals surface area contributed by atoms with E-state index in [-0.39, 0.29) is 0 Å². The lowest BCUT2D eigenvalue weighted by molar-refractivity contribution is -0.138. The van der Waals surface area contributed by atoms with Crippen LogP contribution in [0.4, 0.5) is 0 Å². The highest BCUT2D eigenvalue weighted by atomic mass is 32.2. The van der Waals surface area contributed by atoms with Crippen LogP contribution in [0.25, 0.3) is 0 Å². The third-order valence-corrected chi connectivity index (χ3v) is 5.89. The summed E-state index contributed by atoms with van der Waals surface area (Å²) >= 11 is 1.52. The summed E-state index contributed by atoms with van der Waals surface area (Å²) in [4.78, 5) is 21.9. The number of hydrogen-bond acceptors (Lipinski definition) is 5. The first-order valence-corrected chi connectivity index (χ1v) is 9.63. The number of nitrogens with two attached hydrogens (primary N) is 1. The van der Waals surface area contributed by atoms with Crippen molar-refractivity contribution in [3.05, 3.63) is 11.8 Å². The summed E-state index contributed by atoms with van der Waals surface area (Å²) in [5.41, 5.74) is 6.02. The van der Waals surface area contributed by atoms with Gasteiger partial charge in [0.15, 0.2) is 0 Å². The van der Waals surface area contributed by atoms with Gasteiger partial charge in [-0.15, -0.1) is 0 Å². The average molecular weight is 359 g/mol. The fourth-order valence-electron chi connectivity index (χ4n) is 2.65. The van der Waals surface area contributed by atoms with Crippen molar-refractivity contribution < 1.29 is 19.8 Å². The van der Waals surface area contributed by atoms with Crippen LogP contribution in [0.1, 0.15) is 46.0 Å². The molecule has 0 heterocycles. The Morgan fingerprint density at radius 2 is 2.08 bits per heavy atom. The topological polar surface area (TPSA) is 113 Å². The first-order chi connectivity index (χ1) is 11.2. The van der Waals surface area contributed by atoms with E-state index < -0.39 is 18.0 Å². The summed E-state index contributed by atoms with van der Waals surface area (Å²) in [6, 6.07) is -0.812. The first-order valence-electron chi connectivity index (χ1n) is 8.47. The molecular formula is C17H30N2O4S. The average Bonchev–Trinajstić information content (AvgIpc) is 2.50. The molecule has 6 nitrogen and oxygen atoms in total. The second-order valence-electron chi connectivity index (χ2n) is 7.04. The number of carboxylic acids is 2. The lowest BCUT2D eigenvalue weighted by atomic mass is 9.62. The minimum absolute atomic E-state index is 0.290. The molecule has 0 bridgehead atoms. The number of hydrogen-bond donors (Lipinski definition) is 4. The molecular weight excluding hydrogens is 328 g/mol. The largest absolute Gasteiger partial charge is 0.480 e. The molecule has 1 saturated carbocycles. The van der Waals surface area contributed by atoms with Gasteiger partial charge in [-0.2, -0.15) is 11.8 Å². The van der Waals surface area contributed by atoms with Gasteiger partial charge in [0.05, 0.1) is 0 Å². The van der Waals surface area contributed by atoms with Gasteiger partial charge in [0.1, 0.15) is 11.7 Å². The van der Waals surface area contributed by atoms with Crippen molar-refractivity contribution in [3.63, 3.8) is 0 Å². The van der Waals surface area contributed by atoms with Crippen LogP contribution in [0.2, 0.25) is 0 Å². The van der Waals surface area contributed by atoms with Crippen molar-refractivity contribution in [2.75, 3.05) is 18.1 Å². The summed E-state index contributed by atoms with van der Waals surface area (Å²) in [7, 11) is 0. The number of carboxylic acid groups (broad SMARTS) is 2. The molecule has 0 spiro atoms. The lowest BCUT2D eigenvalue weighted by Crippen LogP contribution is -2.41. The first kappa shape index (κ1) is 20.8. The second kappa shape index (κ2) is 9.93. The van der Waals surface area contributed by atoms with E-state index in [4.69, 9.17) is 10.8 Å². The molecule has 0 aliphatic heterocycles. The van der Waals surface area contributed by atoms with E-state index in [0.29, 0.717) is 35.7 Å². The van der Waals surface area contributed by atoms with Crippen molar-refractivity contribution in [1.29, 1.82) is 0 Å². The number of allylic oxidation sites excluding steroid dienone is 1. The number of unbranched alkanes of at least 4 members (excludes halogenated alkanes) is 2. The maximum Gasteiger partial charge on any atom is 0.351 e. The van der Waals surface area contributed by atoms with Crippen LogP contribution in [0.15, 0.2) is 11.8 Å². The minimum Gasteiger partial charge on any atom is -0.480 e. The molecule has 0 aromatic heterocycles. The van der Waals surface area contributed by atoms with Crippen LogP contribution >= 0.6 is 11.8 Å². The normalized spacial score (nSPS) is 21.0. The third kappa shape index (κ3) is 7.13. The Balaban J connectivity index is 2.19. The highest BCUT2D eigenvalue weighted by Gasteiger charge is 2.38. The molecule has 0 amide bonds. The summed E-state index contributed by atoms with van der Waals surface area (Å²) < 4.78 is 0. The van der Waals surface area contributed by atoms with Crippen LogP contribution in [0.5, 0.6) is 0 Å². The van der Waals surface area contributed by atoms with Crippen LogP contribution in [0, 0.1) is 11.3 Å². The molecule has 0 aromatic carbocycles. The van der Waals surface area contributed by atoms with Crippen molar-refractivity contribution in [2.24, 2.45) is 17.1 Å². The monoisotopic (exact) mass is 358 g/mol. The molecule has 7 heteroatoms. The van der Waals surface area contributed by atoms with E-state index in [1.54, 1.807) is 6.08 Å². The number of carbonyl (C=O) groups is 2. The van der Waals surface area contributed by atoms with E-state index in [0.717, 1.165) is 25.0 Å². The summed E-state index contributed by atoms with van der Waals surface area (Å²) in [5.74, 6) is -0.105. The Hall–Kier alpha value is -1.21. The predicted molar refractivity (Wildman–Crippen MR) is 97.0 cm³/mol. The number of rotatable bonds is 12. The highest BCUT2D eigenvalue weighted by molar-refractivity contribution is 7.99. The van der Waals surface area contributed by atoms with Crippen molar-refractivity contribution in [2.45, 2.75) is 52.0 Å². The second-order valence-corrected chi connectivity index (χ2v) is 8.19. The molecule has 138 valence electrons. The fourth-order valence-corrected chi connectivity index (χ4v) is 3.62. The van der Waals surface area contributed by atoms with Crippen LogP contribution < -0.4 is 11.1 Å². The number of aliphatic carboxylic acids is 2. The lowest BCUT2D eigenvalue weighted by Gasteiger charge is -2.44. The predicted octanol–water partition coefficient (Wildman–Crippen LogP) is 2.30. The van der Waals surface area contributed by atoms with Crippen LogP contribution in [-0.4, -0.2) is 46.2 Å². The Morgan fingerprint density at radius 3 is 2.58 bits per heavy atom. The van der Waals surface area contributed by atoms with E-state index in [1.165, 1.54) is 18.2 Å². The maximum atomic E-state index is 11.3. The van der Waals surface area contributed by atoms with Crippen LogP contribution in [0.3, 0.4) is 0 Å². The van der Waals surface area contributed by atoms with Crippen molar-refractivity contribution in [3.8, 4) is 0 Å². The van der Waals surface area contributed by atoms with Gasteiger partial charge >= 0.3 is 11.9 Å². The maximum absolute atomic E-state index is 11.3. The van der Waals surface area contributed by atoms with Gasteiger partial charge in [-0.1, -0.05) is 19.9 Å². The Bertz CT molecular complexity index is 466. The molecule has 24 heavy (non-hydrogen) atoms. The van der Waals surface area contributed by atoms with Gasteiger partial charge in [0.2, 0.25) is 0 Å².